The van der Waals surface area contributed by atoms with Gasteiger partial charge in [0.25, 0.3) is 0 Å². The molecule has 0 aliphatic carbocycles. The van der Waals surface area contributed by atoms with Crippen LogP contribution >= 0.6 is 0 Å². The molecule has 0 spiro atoms. The van der Waals surface area contributed by atoms with Crippen LogP contribution in [-0.4, -0.2) is 51.2 Å². The Morgan fingerprint density at radius 1 is 1.26 bits per heavy atom. The summed E-state index contributed by atoms with van der Waals surface area (Å²) in [5, 5.41) is 6.81. The van der Waals surface area contributed by atoms with Crippen molar-refractivity contribution < 1.29 is 4.74 Å². The van der Waals surface area contributed by atoms with Gasteiger partial charge in [0.05, 0.1) is 13.2 Å². The molecule has 5 nitrogen and oxygen atoms in total. The van der Waals surface area contributed by atoms with Crippen molar-refractivity contribution >= 4 is 5.96 Å². The van der Waals surface area contributed by atoms with Gasteiger partial charge in [0.15, 0.2) is 5.96 Å². The third-order valence-electron chi connectivity index (χ3n) is 4.31. The van der Waals surface area contributed by atoms with Gasteiger partial charge in [-0.3, -0.25) is 9.89 Å². The molecule has 0 amide bonds. The molecule has 0 radical (unpaired) electrons. The molecule has 2 N–H and O–H groups in total. The summed E-state index contributed by atoms with van der Waals surface area (Å²) in [6, 6.07) is 8.63. The topological polar surface area (TPSA) is 48.9 Å². The number of benzene rings is 1. The summed E-state index contributed by atoms with van der Waals surface area (Å²) in [5.74, 6) is 1.83. The number of rotatable bonds is 7. The Morgan fingerprint density at radius 2 is 2.00 bits per heavy atom. The van der Waals surface area contributed by atoms with Crippen LogP contribution in [0.2, 0.25) is 0 Å². The Hall–Kier alpha value is -1.75. The quantitative estimate of drug-likeness (QED) is 0.599. The Morgan fingerprint density at radius 3 is 2.65 bits per heavy atom. The number of hydrogen-bond acceptors (Lipinski definition) is 3. The van der Waals surface area contributed by atoms with Gasteiger partial charge < -0.3 is 15.4 Å². The van der Waals surface area contributed by atoms with Crippen molar-refractivity contribution in [2.75, 3.05) is 40.3 Å². The van der Waals surface area contributed by atoms with Crippen molar-refractivity contribution in [3.05, 3.63) is 29.8 Å². The number of hydrogen-bond donors (Lipinski definition) is 2. The number of nitrogens with zero attached hydrogens (tertiary/aromatic N) is 2. The van der Waals surface area contributed by atoms with Gasteiger partial charge in [0.1, 0.15) is 5.75 Å². The van der Waals surface area contributed by atoms with E-state index < -0.39 is 0 Å². The number of ether oxygens (including phenoxy) is 1. The zero-order valence-electron chi connectivity index (χ0n) is 14.6. The van der Waals surface area contributed by atoms with Gasteiger partial charge in [-0.05, 0) is 38.4 Å². The van der Waals surface area contributed by atoms with Gasteiger partial charge >= 0.3 is 0 Å². The minimum Gasteiger partial charge on any atom is -0.496 e. The minimum atomic E-state index is 0.300. The van der Waals surface area contributed by atoms with E-state index in [4.69, 9.17) is 4.74 Å². The smallest absolute Gasteiger partial charge is 0.191 e. The largest absolute Gasteiger partial charge is 0.496 e. The monoisotopic (exact) mass is 318 g/mol. The molecule has 1 aliphatic heterocycles. The second-order valence-electron chi connectivity index (χ2n) is 5.88. The molecule has 1 aromatic rings. The number of methoxy groups -OCH3 is 1. The first-order valence-electron chi connectivity index (χ1n) is 8.61. The highest BCUT2D eigenvalue weighted by Crippen LogP contribution is 2.31. The molecule has 1 atom stereocenters. The van der Waals surface area contributed by atoms with Crippen LogP contribution in [-0.2, 0) is 0 Å². The van der Waals surface area contributed by atoms with Crippen LogP contribution in [0.25, 0.3) is 0 Å². The predicted molar refractivity (Wildman–Crippen MR) is 96.2 cm³/mol. The SMILES string of the molecule is CCCNC(=NC)NCC(c1ccccc1OC)N1CCCC1. The molecule has 2 rings (SSSR count). The molecule has 1 unspecified atom stereocenters. The average molecular weight is 318 g/mol. The second-order valence-corrected chi connectivity index (χ2v) is 5.88. The molecule has 128 valence electrons. The predicted octanol–water partition coefficient (Wildman–Crippen LogP) is 2.41. The number of para-hydroxylation sites is 1. The van der Waals surface area contributed by atoms with E-state index in [1.807, 2.05) is 19.2 Å². The molecule has 1 saturated heterocycles. The molecule has 1 aromatic carbocycles. The average Bonchev–Trinajstić information content (AvgIpc) is 3.12. The molecular formula is C18H30N4O. The van der Waals surface area contributed by atoms with Crippen LogP contribution in [0.4, 0.5) is 0 Å². The molecular weight excluding hydrogens is 288 g/mol. The normalized spacial score (nSPS) is 17.1. The Labute approximate surface area is 140 Å². The van der Waals surface area contributed by atoms with Crippen LogP contribution in [0, 0.1) is 0 Å². The van der Waals surface area contributed by atoms with Crippen molar-refractivity contribution in [3.8, 4) is 5.75 Å². The summed E-state index contributed by atoms with van der Waals surface area (Å²) >= 11 is 0. The summed E-state index contributed by atoms with van der Waals surface area (Å²) in [6.07, 6.45) is 3.63. The van der Waals surface area contributed by atoms with E-state index in [-0.39, 0.29) is 0 Å². The molecule has 1 fully saturated rings. The second kappa shape index (κ2) is 9.40. The van der Waals surface area contributed by atoms with Gasteiger partial charge in [0, 0.05) is 25.7 Å². The van der Waals surface area contributed by atoms with Crippen molar-refractivity contribution in [1.29, 1.82) is 0 Å². The number of aliphatic imine (C=N–C) groups is 1. The van der Waals surface area contributed by atoms with Crippen molar-refractivity contribution in [1.82, 2.24) is 15.5 Å². The fraction of sp³-hybridized carbons (Fsp3) is 0.611. The van der Waals surface area contributed by atoms with E-state index in [0.717, 1.165) is 44.3 Å². The lowest BCUT2D eigenvalue weighted by Gasteiger charge is -2.30. The molecule has 1 heterocycles. The zero-order valence-corrected chi connectivity index (χ0v) is 14.6. The van der Waals surface area contributed by atoms with E-state index in [1.54, 1.807) is 7.11 Å². The third kappa shape index (κ3) is 4.86. The molecule has 5 heteroatoms. The summed E-state index contributed by atoms with van der Waals surface area (Å²) in [6.45, 7) is 6.20. The highest BCUT2D eigenvalue weighted by molar-refractivity contribution is 5.79. The first-order valence-corrected chi connectivity index (χ1v) is 8.61. The van der Waals surface area contributed by atoms with E-state index >= 15 is 0 Å². The van der Waals surface area contributed by atoms with E-state index in [9.17, 15) is 0 Å². The van der Waals surface area contributed by atoms with Crippen LogP contribution in [0.1, 0.15) is 37.8 Å². The third-order valence-corrected chi connectivity index (χ3v) is 4.31. The number of guanidine groups is 1. The van der Waals surface area contributed by atoms with Gasteiger partial charge in [-0.2, -0.15) is 0 Å². The van der Waals surface area contributed by atoms with Crippen LogP contribution in [0.3, 0.4) is 0 Å². The first-order chi connectivity index (χ1) is 11.3. The maximum Gasteiger partial charge on any atom is 0.191 e. The van der Waals surface area contributed by atoms with Gasteiger partial charge in [-0.25, -0.2) is 0 Å². The molecule has 0 saturated carbocycles. The lowest BCUT2D eigenvalue weighted by Crippen LogP contribution is -2.42. The van der Waals surface area contributed by atoms with Gasteiger partial charge in [-0.1, -0.05) is 25.1 Å². The maximum atomic E-state index is 5.58. The lowest BCUT2D eigenvalue weighted by atomic mass is 10.0. The Balaban J connectivity index is 2.11. The van der Waals surface area contributed by atoms with Crippen LogP contribution < -0.4 is 15.4 Å². The minimum absolute atomic E-state index is 0.300. The van der Waals surface area contributed by atoms with Gasteiger partial charge in [-0.15, -0.1) is 0 Å². The van der Waals surface area contributed by atoms with Crippen molar-refractivity contribution in [2.45, 2.75) is 32.2 Å². The Kier molecular flexibility index (Phi) is 7.20. The van der Waals surface area contributed by atoms with E-state index in [0.29, 0.717) is 6.04 Å². The summed E-state index contributed by atoms with van der Waals surface area (Å²) < 4.78 is 5.58. The highest BCUT2D eigenvalue weighted by Gasteiger charge is 2.25. The zero-order chi connectivity index (χ0) is 16.5. The van der Waals surface area contributed by atoms with Crippen molar-refractivity contribution in [2.24, 2.45) is 4.99 Å². The van der Waals surface area contributed by atoms with Crippen LogP contribution in [0.5, 0.6) is 5.75 Å². The summed E-state index contributed by atoms with van der Waals surface area (Å²) in [7, 11) is 3.56. The standard InChI is InChI=1S/C18H30N4O/c1-4-11-20-18(19-2)21-14-16(22-12-7-8-13-22)15-9-5-6-10-17(15)23-3/h5-6,9-10,16H,4,7-8,11-14H2,1-3H3,(H2,19,20,21). The number of likely N-dealkylation sites (tertiary alicyclic amines) is 1. The first kappa shape index (κ1) is 17.6. The van der Waals surface area contributed by atoms with Crippen molar-refractivity contribution in [3.63, 3.8) is 0 Å². The Bertz CT molecular complexity index is 498. The van der Waals surface area contributed by atoms with E-state index in [1.165, 1.54) is 18.4 Å². The molecule has 0 bridgehead atoms. The molecule has 23 heavy (non-hydrogen) atoms. The molecule has 0 aromatic heterocycles. The highest BCUT2D eigenvalue weighted by atomic mass is 16.5. The summed E-state index contributed by atoms with van der Waals surface area (Å²) in [5.41, 5.74) is 1.25. The fourth-order valence-corrected chi connectivity index (χ4v) is 3.09. The fourth-order valence-electron chi connectivity index (χ4n) is 3.09. The van der Waals surface area contributed by atoms with E-state index in [2.05, 4.69) is 39.6 Å². The molecule has 1 aliphatic rings. The van der Waals surface area contributed by atoms with Crippen LogP contribution in [0.15, 0.2) is 29.3 Å². The lowest BCUT2D eigenvalue weighted by molar-refractivity contribution is 0.239. The summed E-state index contributed by atoms with van der Waals surface area (Å²) in [4.78, 5) is 6.84. The van der Waals surface area contributed by atoms with Gasteiger partial charge in [0.2, 0.25) is 0 Å². The maximum absolute atomic E-state index is 5.58. The number of nitrogens with one attached hydrogen (secondary N) is 2.